The largest absolute Gasteiger partial charge is 0.467 e. The molecule has 0 aromatic heterocycles. The molecule has 1 aliphatic rings. The number of nitro benzene ring substituents is 1. The zero-order valence-corrected chi connectivity index (χ0v) is 15.4. The van der Waals surface area contributed by atoms with Crippen LogP contribution in [0.3, 0.4) is 0 Å². The molecule has 2 atom stereocenters. The maximum Gasteiger partial charge on any atom is 0.328 e. The topological polar surface area (TPSA) is 102 Å². The first kappa shape index (κ1) is 19.7. The number of benzene rings is 1. The molecule has 1 saturated heterocycles. The molecule has 1 N–H and O–H groups in total. The molecule has 1 aliphatic heterocycles. The molecular formula is C18H25N3O5. The third-order valence-corrected chi connectivity index (χ3v) is 4.74. The number of hydrogen-bond acceptors (Lipinski definition) is 6. The quantitative estimate of drug-likeness (QED) is 0.474. The number of carbonyl (C=O) groups is 2. The number of nitrogens with one attached hydrogen (secondary N) is 1. The van der Waals surface area contributed by atoms with Crippen molar-refractivity contribution in [2.24, 2.45) is 0 Å². The zero-order chi connectivity index (χ0) is 19.3. The van der Waals surface area contributed by atoms with Crippen LogP contribution in [0, 0.1) is 10.1 Å². The monoisotopic (exact) mass is 363 g/mol. The number of ether oxygens (including phenoxy) is 1. The number of rotatable bonds is 6. The van der Waals surface area contributed by atoms with E-state index in [4.69, 9.17) is 0 Å². The molecular weight excluding hydrogens is 338 g/mol. The van der Waals surface area contributed by atoms with Gasteiger partial charge in [-0.25, -0.2) is 4.79 Å². The second-order valence-corrected chi connectivity index (χ2v) is 6.43. The lowest BCUT2D eigenvalue weighted by Crippen LogP contribution is -2.40. The minimum atomic E-state index is -0.835. The maximum absolute atomic E-state index is 12.3. The Morgan fingerprint density at radius 3 is 2.77 bits per heavy atom. The van der Waals surface area contributed by atoms with Crippen LogP contribution in [0.15, 0.2) is 18.2 Å². The van der Waals surface area contributed by atoms with Gasteiger partial charge in [-0.15, -0.1) is 0 Å². The highest BCUT2D eigenvalue weighted by Gasteiger charge is 2.28. The first-order chi connectivity index (χ1) is 12.4. The number of carbonyl (C=O) groups excluding carboxylic acids is 2. The Hall–Kier alpha value is -2.64. The summed E-state index contributed by atoms with van der Waals surface area (Å²) in [5.41, 5.74) is 0.587. The van der Waals surface area contributed by atoms with Crippen LogP contribution in [-0.2, 0) is 9.53 Å². The molecule has 142 valence electrons. The average molecular weight is 363 g/mol. The summed E-state index contributed by atoms with van der Waals surface area (Å²) < 4.78 is 4.56. The number of piperidine rings is 1. The van der Waals surface area contributed by atoms with E-state index >= 15 is 0 Å². The molecule has 0 saturated carbocycles. The summed E-state index contributed by atoms with van der Waals surface area (Å²) in [6, 6.07) is 3.89. The van der Waals surface area contributed by atoms with Crippen molar-refractivity contribution in [3.8, 4) is 0 Å². The molecule has 2 rings (SSSR count). The first-order valence-corrected chi connectivity index (χ1v) is 8.82. The molecule has 8 heteroatoms. The highest BCUT2D eigenvalue weighted by atomic mass is 16.6. The van der Waals surface area contributed by atoms with E-state index in [1.165, 1.54) is 20.1 Å². The van der Waals surface area contributed by atoms with Crippen molar-refractivity contribution in [1.82, 2.24) is 5.32 Å². The second kappa shape index (κ2) is 8.64. The molecule has 1 aromatic rings. The lowest BCUT2D eigenvalue weighted by molar-refractivity contribution is -0.384. The Kier molecular flexibility index (Phi) is 6.54. The van der Waals surface area contributed by atoms with Gasteiger partial charge in [-0.3, -0.25) is 14.9 Å². The second-order valence-electron chi connectivity index (χ2n) is 6.43. The summed E-state index contributed by atoms with van der Waals surface area (Å²) in [6.07, 6.45) is 4.03. The molecule has 1 heterocycles. The number of methoxy groups -OCH3 is 1. The van der Waals surface area contributed by atoms with Gasteiger partial charge in [0, 0.05) is 24.2 Å². The Morgan fingerprint density at radius 1 is 1.42 bits per heavy atom. The minimum absolute atomic E-state index is 0.0938. The summed E-state index contributed by atoms with van der Waals surface area (Å²) in [5, 5.41) is 14.1. The molecule has 1 fully saturated rings. The molecule has 0 spiro atoms. The van der Waals surface area contributed by atoms with Gasteiger partial charge in [-0.05, 0) is 44.7 Å². The fourth-order valence-electron chi connectivity index (χ4n) is 3.31. The third-order valence-electron chi connectivity index (χ3n) is 4.74. The summed E-state index contributed by atoms with van der Waals surface area (Å²) >= 11 is 0. The molecule has 26 heavy (non-hydrogen) atoms. The Bertz CT molecular complexity index is 691. The number of nitrogens with zero attached hydrogens (tertiary/aromatic N) is 2. The van der Waals surface area contributed by atoms with Crippen LogP contribution >= 0.6 is 0 Å². The zero-order valence-electron chi connectivity index (χ0n) is 15.4. The molecule has 8 nitrogen and oxygen atoms in total. The van der Waals surface area contributed by atoms with Crippen LogP contribution in [0.25, 0.3) is 0 Å². The van der Waals surface area contributed by atoms with Crippen molar-refractivity contribution < 1.29 is 19.2 Å². The Labute approximate surface area is 152 Å². The predicted molar refractivity (Wildman–Crippen MR) is 97.3 cm³/mol. The summed E-state index contributed by atoms with van der Waals surface area (Å²) in [7, 11) is 1.23. The highest BCUT2D eigenvalue weighted by molar-refractivity contribution is 5.98. The third kappa shape index (κ3) is 4.30. The normalized spacial score (nSPS) is 18.1. The van der Waals surface area contributed by atoms with Gasteiger partial charge in [0.15, 0.2) is 0 Å². The Balaban J connectivity index is 2.29. The van der Waals surface area contributed by atoms with Crippen LogP contribution in [0.5, 0.6) is 0 Å². The van der Waals surface area contributed by atoms with E-state index in [0.29, 0.717) is 5.69 Å². The number of nitro groups is 1. The highest BCUT2D eigenvalue weighted by Crippen LogP contribution is 2.34. The van der Waals surface area contributed by atoms with Crippen LogP contribution in [0.4, 0.5) is 11.4 Å². The van der Waals surface area contributed by atoms with Gasteiger partial charge >= 0.3 is 5.97 Å². The first-order valence-electron chi connectivity index (χ1n) is 8.82. The fourth-order valence-corrected chi connectivity index (χ4v) is 3.31. The Morgan fingerprint density at radius 2 is 2.15 bits per heavy atom. The van der Waals surface area contributed by atoms with Crippen LogP contribution in [0.1, 0.15) is 49.9 Å². The van der Waals surface area contributed by atoms with Gasteiger partial charge in [0.1, 0.15) is 11.7 Å². The lowest BCUT2D eigenvalue weighted by atomic mass is 9.98. The van der Waals surface area contributed by atoms with Gasteiger partial charge < -0.3 is 15.0 Å². The van der Waals surface area contributed by atoms with Gasteiger partial charge in [0.25, 0.3) is 11.6 Å². The average Bonchev–Trinajstić information content (AvgIpc) is 2.66. The van der Waals surface area contributed by atoms with Crippen molar-refractivity contribution in [3.63, 3.8) is 0 Å². The van der Waals surface area contributed by atoms with Crippen LogP contribution < -0.4 is 10.2 Å². The number of esters is 1. The van der Waals surface area contributed by atoms with Crippen molar-refractivity contribution in [2.45, 2.75) is 51.6 Å². The van der Waals surface area contributed by atoms with E-state index in [1.54, 1.807) is 12.1 Å². The predicted octanol–water partition coefficient (Wildman–Crippen LogP) is 2.66. The van der Waals surface area contributed by atoms with E-state index in [9.17, 15) is 19.7 Å². The van der Waals surface area contributed by atoms with Gasteiger partial charge in [0.05, 0.1) is 12.0 Å². The van der Waals surface area contributed by atoms with Crippen molar-refractivity contribution >= 4 is 23.3 Å². The molecule has 0 aliphatic carbocycles. The maximum atomic E-state index is 12.3. The summed E-state index contributed by atoms with van der Waals surface area (Å²) in [4.78, 5) is 36.9. The van der Waals surface area contributed by atoms with E-state index in [0.717, 1.165) is 32.2 Å². The minimum Gasteiger partial charge on any atom is -0.467 e. The van der Waals surface area contributed by atoms with Gasteiger partial charge in [-0.1, -0.05) is 6.92 Å². The lowest BCUT2D eigenvalue weighted by Gasteiger charge is -2.36. The summed E-state index contributed by atoms with van der Waals surface area (Å²) in [6.45, 7) is 4.33. The van der Waals surface area contributed by atoms with Crippen molar-refractivity contribution in [3.05, 3.63) is 33.9 Å². The number of amides is 1. The molecule has 1 amide bonds. The van der Waals surface area contributed by atoms with Gasteiger partial charge in [-0.2, -0.15) is 0 Å². The number of hydrogen-bond donors (Lipinski definition) is 1. The van der Waals surface area contributed by atoms with Crippen LogP contribution in [0.2, 0.25) is 0 Å². The fraction of sp³-hybridized carbons (Fsp3) is 0.556. The standard InChI is InChI=1S/C18H25N3O5/c1-4-14-7-5-6-10-20(14)15-9-8-13(11-16(15)21(24)25)17(22)19-12(2)18(23)26-3/h8-9,11-12,14H,4-7,10H2,1-3H3,(H,19,22). The molecule has 1 aromatic carbocycles. The van der Waals surface area contributed by atoms with E-state index in [-0.39, 0.29) is 17.3 Å². The van der Waals surface area contributed by atoms with Crippen molar-refractivity contribution in [1.29, 1.82) is 0 Å². The molecule has 0 radical (unpaired) electrons. The van der Waals surface area contributed by atoms with Crippen LogP contribution in [-0.4, -0.2) is 42.5 Å². The SMILES string of the molecule is CCC1CCCCN1c1ccc(C(=O)NC(C)C(=O)OC)cc1[N+](=O)[O-]. The van der Waals surface area contributed by atoms with Gasteiger partial charge in [0.2, 0.25) is 0 Å². The number of anilines is 1. The molecule has 0 bridgehead atoms. The van der Waals surface area contributed by atoms with Crippen molar-refractivity contribution in [2.75, 3.05) is 18.6 Å². The van der Waals surface area contributed by atoms with E-state index < -0.39 is 22.8 Å². The molecule has 2 unspecified atom stereocenters. The van der Waals surface area contributed by atoms with E-state index in [2.05, 4.69) is 21.9 Å². The van der Waals surface area contributed by atoms with E-state index in [1.807, 2.05) is 0 Å². The summed E-state index contributed by atoms with van der Waals surface area (Å²) in [5.74, 6) is -1.13. The smallest absolute Gasteiger partial charge is 0.328 e.